The van der Waals surface area contributed by atoms with Gasteiger partial charge in [-0.05, 0) is 50.2 Å². The molecular formula is C15H23N3O2S. The zero-order valence-corrected chi connectivity index (χ0v) is 13.4. The quantitative estimate of drug-likeness (QED) is 0.833. The number of hydrogen-bond donors (Lipinski definition) is 1. The fourth-order valence-corrected chi connectivity index (χ4v) is 3.79. The standard InChI is InChI=1S/C15H23N3O2S/c1-11(13-4-5-13)18(2)21(19,20)15-8-3-12(10-17-15)9-16-14-6-7-14/h3,8,10-11,13-14,16H,4-7,9H2,1-2H3. The highest BCUT2D eigenvalue weighted by atomic mass is 32.2. The third-order valence-corrected chi connectivity index (χ3v) is 6.35. The van der Waals surface area contributed by atoms with E-state index in [2.05, 4.69) is 10.3 Å². The van der Waals surface area contributed by atoms with Gasteiger partial charge < -0.3 is 5.32 Å². The Bertz CT molecular complexity index is 592. The van der Waals surface area contributed by atoms with Gasteiger partial charge in [0.2, 0.25) is 0 Å². The van der Waals surface area contributed by atoms with Gasteiger partial charge in [-0.3, -0.25) is 0 Å². The van der Waals surface area contributed by atoms with Crippen LogP contribution in [-0.2, 0) is 16.6 Å². The van der Waals surface area contributed by atoms with Gasteiger partial charge >= 0.3 is 0 Å². The van der Waals surface area contributed by atoms with Crippen LogP contribution in [0.3, 0.4) is 0 Å². The normalized spacial score (nSPS) is 20.7. The molecule has 0 aliphatic heterocycles. The van der Waals surface area contributed by atoms with E-state index in [1.807, 2.05) is 13.0 Å². The molecule has 0 aromatic carbocycles. The van der Waals surface area contributed by atoms with Gasteiger partial charge in [0.25, 0.3) is 10.0 Å². The Balaban J connectivity index is 1.68. The number of sulfonamides is 1. The lowest BCUT2D eigenvalue weighted by Crippen LogP contribution is -2.36. The number of nitrogens with zero attached hydrogens (tertiary/aromatic N) is 2. The van der Waals surface area contributed by atoms with Crippen molar-refractivity contribution in [2.24, 2.45) is 5.92 Å². The zero-order valence-electron chi connectivity index (χ0n) is 12.6. The first-order valence-corrected chi connectivity index (χ1v) is 9.09. The molecule has 0 saturated heterocycles. The molecule has 6 heteroatoms. The second kappa shape index (κ2) is 5.66. The number of rotatable bonds is 7. The summed E-state index contributed by atoms with van der Waals surface area (Å²) in [5, 5.41) is 3.54. The van der Waals surface area contributed by atoms with Crippen molar-refractivity contribution >= 4 is 10.0 Å². The first kappa shape index (κ1) is 14.9. The van der Waals surface area contributed by atoms with Crippen LogP contribution in [0.1, 0.15) is 38.2 Å². The summed E-state index contributed by atoms with van der Waals surface area (Å²) in [7, 11) is -1.82. The van der Waals surface area contributed by atoms with E-state index in [4.69, 9.17) is 0 Å². The van der Waals surface area contributed by atoms with Gasteiger partial charge in [-0.15, -0.1) is 0 Å². The maximum atomic E-state index is 12.5. The van der Waals surface area contributed by atoms with Crippen LogP contribution in [0.25, 0.3) is 0 Å². The van der Waals surface area contributed by atoms with Crippen LogP contribution in [0.2, 0.25) is 0 Å². The molecule has 0 amide bonds. The molecule has 1 heterocycles. The SMILES string of the molecule is CC(C1CC1)N(C)S(=O)(=O)c1ccc(CNC2CC2)cn1. The molecule has 0 spiro atoms. The molecule has 5 nitrogen and oxygen atoms in total. The Hall–Kier alpha value is -0.980. The molecule has 0 bridgehead atoms. The summed E-state index contributed by atoms with van der Waals surface area (Å²) in [6, 6.07) is 4.16. The van der Waals surface area contributed by atoms with Crippen molar-refractivity contribution in [2.75, 3.05) is 7.05 Å². The van der Waals surface area contributed by atoms with E-state index in [0.717, 1.165) is 24.9 Å². The van der Waals surface area contributed by atoms with Crippen LogP contribution in [0.4, 0.5) is 0 Å². The molecule has 116 valence electrons. The lowest BCUT2D eigenvalue weighted by molar-refractivity contribution is 0.355. The van der Waals surface area contributed by atoms with Crippen molar-refractivity contribution < 1.29 is 8.42 Å². The van der Waals surface area contributed by atoms with E-state index >= 15 is 0 Å². The summed E-state index contributed by atoms with van der Waals surface area (Å²) >= 11 is 0. The molecule has 21 heavy (non-hydrogen) atoms. The van der Waals surface area contributed by atoms with E-state index < -0.39 is 10.0 Å². The second-order valence-corrected chi connectivity index (χ2v) is 8.20. The van der Waals surface area contributed by atoms with E-state index in [0.29, 0.717) is 12.0 Å². The molecule has 1 aromatic heterocycles. The molecule has 1 unspecified atom stereocenters. The van der Waals surface area contributed by atoms with Gasteiger partial charge in [0.1, 0.15) is 0 Å². The highest BCUT2D eigenvalue weighted by Crippen LogP contribution is 2.36. The van der Waals surface area contributed by atoms with Crippen LogP contribution >= 0.6 is 0 Å². The van der Waals surface area contributed by atoms with E-state index in [1.54, 1.807) is 19.3 Å². The minimum Gasteiger partial charge on any atom is -0.310 e. The summed E-state index contributed by atoms with van der Waals surface area (Å²) in [5.74, 6) is 0.506. The van der Waals surface area contributed by atoms with Crippen molar-refractivity contribution in [3.05, 3.63) is 23.9 Å². The average Bonchev–Trinajstić information content (AvgIpc) is 3.37. The molecule has 1 N–H and O–H groups in total. The van der Waals surface area contributed by atoms with E-state index in [9.17, 15) is 8.42 Å². The first-order valence-electron chi connectivity index (χ1n) is 7.65. The fraction of sp³-hybridized carbons (Fsp3) is 0.667. The minimum absolute atomic E-state index is 0.0491. The summed E-state index contributed by atoms with van der Waals surface area (Å²) in [5.41, 5.74) is 1.03. The Morgan fingerprint density at radius 1 is 1.33 bits per heavy atom. The largest absolute Gasteiger partial charge is 0.310 e. The number of pyridine rings is 1. The van der Waals surface area contributed by atoms with Gasteiger partial charge in [-0.2, -0.15) is 4.31 Å². The van der Waals surface area contributed by atoms with Crippen molar-refractivity contribution in [3.8, 4) is 0 Å². The summed E-state index contributed by atoms with van der Waals surface area (Å²) in [6.07, 6.45) is 6.39. The average molecular weight is 309 g/mol. The maximum absolute atomic E-state index is 12.5. The van der Waals surface area contributed by atoms with E-state index in [-0.39, 0.29) is 11.1 Å². The van der Waals surface area contributed by atoms with Crippen molar-refractivity contribution in [1.29, 1.82) is 0 Å². The van der Waals surface area contributed by atoms with Gasteiger partial charge in [0.05, 0.1) is 0 Å². The maximum Gasteiger partial charge on any atom is 0.260 e. The molecule has 2 aliphatic carbocycles. The zero-order chi connectivity index (χ0) is 15.0. The van der Waals surface area contributed by atoms with E-state index in [1.165, 1.54) is 17.1 Å². The van der Waals surface area contributed by atoms with Crippen LogP contribution in [0, 0.1) is 5.92 Å². The lowest BCUT2D eigenvalue weighted by Gasteiger charge is -2.23. The predicted molar refractivity (Wildman–Crippen MR) is 81.2 cm³/mol. The third kappa shape index (κ3) is 3.44. The molecular weight excluding hydrogens is 286 g/mol. The van der Waals surface area contributed by atoms with Crippen LogP contribution in [0.15, 0.2) is 23.4 Å². The highest BCUT2D eigenvalue weighted by Gasteiger charge is 2.36. The van der Waals surface area contributed by atoms with Gasteiger partial charge in [-0.1, -0.05) is 6.07 Å². The number of hydrogen-bond acceptors (Lipinski definition) is 4. The van der Waals surface area contributed by atoms with Crippen molar-refractivity contribution in [1.82, 2.24) is 14.6 Å². The number of nitrogens with one attached hydrogen (secondary N) is 1. The third-order valence-electron chi connectivity index (χ3n) is 4.49. The summed E-state index contributed by atoms with van der Waals surface area (Å²) in [4.78, 5) is 4.16. The van der Waals surface area contributed by atoms with Crippen LogP contribution in [0.5, 0.6) is 0 Å². The highest BCUT2D eigenvalue weighted by molar-refractivity contribution is 7.89. The first-order chi connectivity index (χ1) is 9.98. The monoisotopic (exact) mass is 309 g/mol. The van der Waals surface area contributed by atoms with Gasteiger partial charge in [0.15, 0.2) is 5.03 Å². The molecule has 2 saturated carbocycles. The Morgan fingerprint density at radius 2 is 2.05 bits per heavy atom. The molecule has 2 fully saturated rings. The predicted octanol–water partition coefficient (Wildman–Crippen LogP) is 1.75. The molecule has 1 atom stereocenters. The topological polar surface area (TPSA) is 62.3 Å². The van der Waals surface area contributed by atoms with Crippen LogP contribution < -0.4 is 5.32 Å². The second-order valence-electron chi connectivity index (χ2n) is 6.26. The molecule has 1 aromatic rings. The van der Waals surface area contributed by atoms with Crippen LogP contribution in [-0.4, -0.2) is 36.8 Å². The smallest absolute Gasteiger partial charge is 0.260 e. The summed E-state index contributed by atoms with van der Waals surface area (Å²) in [6.45, 7) is 2.73. The minimum atomic E-state index is -3.48. The van der Waals surface area contributed by atoms with Gasteiger partial charge in [-0.25, -0.2) is 13.4 Å². The Kier molecular flexibility index (Phi) is 4.03. The van der Waals surface area contributed by atoms with Crippen molar-refractivity contribution in [2.45, 2.75) is 56.3 Å². The molecule has 2 aliphatic rings. The summed E-state index contributed by atoms with van der Waals surface area (Å²) < 4.78 is 26.5. The molecule has 3 rings (SSSR count). The Labute approximate surface area is 126 Å². The molecule has 0 radical (unpaired) electrons. The Morgan fingerprint density at radius 3 is 2.57 bits per heavy atom. The number of aromatic nitrogens is 1. The van der Waals surface area contributed by atoms with Gasteiger partial charge in [0, 0.05) is 31.9 Å². The fourth-order valence-electron chi connectivity index (χ4n) is 2.46. The van der Waals surface area contributed by atoms with Crippen molar-refractivity contribution in [3.63, 3.8) is 0 Å². The lowest BCUT2D eigenvalue weighted by atomic mass is 10.2.